The summed E-state index contributed by atoms with van der Waals surface area (Å²) in [6.45, 7) is 4.10. The van der Waals surface area contributed by atoms with Crippen LogP contribution in [0.25, 0.3) is 10.2 Å². The molecule has 0 aliphatic carbocycles. The molecular weight excluding hydrogens is 302 g/mol. The lowest BCUT2D eigenvalue weighted by molar-refractivity contribution is -0.116. The van der Waals surface area contributed by atoms with Crippen LogP contribution >= 0.6 is 11.3 Å². The van der Waals surface area contributed by atoms with E-state index in [9.17, 15) is 9.59 Å². The second-order valence-electron chi connectivity index (χ2n) is 4.70. The Balaban J connectivity index is 2.07. The molecule has 7 heteroatoms. The van der Waals surface area contributed by atoms with Crippen molar-refractivity contribution in [3.63, 3.8) is 0 Å². The molecule has 0 fully saturated rings. The molecule has 22 heavy (non-hydrogen) atoms. The normalized spacial score (nSPS) is 10.5. The minimum absolute atomic E-state index is 0.00980. The molecule has 0 aliphatic heterocycles. The Morgan fingerprint density at radius 2 is 2.09 bits per heavy atom. The summed E-state index contributed by atoms with van der Waals surface area (Å²) < 4.78 is 5.70. The molecule has 6 nitrogen and oxygen atoms in total. The fourth-order valence-corrected chi connectivity index (χ4v) is 2.76. The Bertz CT molecular complexity index is 669. The fraction of sp³-hybridized carbons (Fsp3) is 0.400. The van der Waals surface area contributed by atoms with Gasteiger partial charge in [0, 0.05) is 12.1 Å². The van der Waals surface area contributed by atoms with Gasteiger partial charge in [-0.15, -0.1) is 0 Å². The summed E-state index contributed by atoms with van der Waals surface area (Å²) in [7, 11) is 0. The summed E-state index contributed by atoms with van der Waals surface area (Å²) in [5, 5.41) is 5.92. The van der Waals surface area contributed by atoms with Gasteiger partial charge >= 0.3 is 6.09 Å². The molecule has 1 heterocycles. The van der Waals surface area contributed by atoms with Gasteiger partial charge in [-0.1, -0.05) is 24.7 Å². The Morgan fingerprint density at radius 1 is 1.27 bits per heavy atom. The molecule has 0 aliphatic rings. The first-order valence-corrected chi connectivity index (χ1v) is 8.08. The van der Waals surface area contributed by atoms with Gasteiger partial charge in [-0.2, -0.15) is 0 Å². The molecule has 0 saturated heterocycles. The number of carbonyl (C=O) groups is 2. The Morgan fingerprint density at radius 3 is 2.82 bits per heavy atom. The number of carbonyl (C=O) groups excluding carboxylic acids is 2. The number of fused-ring (bicyclic) bond motifs is 1. The Labute approximate surface area is 132 Å². The van der Waals surface area contributed by atoms with E-state index in [1.165, 1.54) is 11.3 Å². The summed E-state index contributed by atoms with van der Waals surface area (Å²) in [5.74, 6) is 0.00980. The van der Waals surface area contributed by atoms with Gasteiger partial charge in [0.15, 0.2) is 5.13 Å². The summed E-state index contributed by atoms with van der Waals surface area (Å²) in [6, 6.07) is 5.48. The molecule has 2 N–H and O–H groups in total. The molecular formula is C15H19N3O3S. The maximum Gasteiger partial charge on any atom is 0.413 e. The SMILES string of the molecule is CCCCC(=O)Nc1ccc2nc(NC(=O)OCC)sc2c1. The van der Waals surface area contributed by atoms with Crippen LogP contribution in [-0.2, 0) is 9.53 Å². The van der Waals surface area contributed by atoms with E-state index >= 15 is 0 Å². The molecule has 0 spiro atoms. The van der Waals surface area contributed by atoms with Crippen molar-refractivity contribution in [1.82, 2.24) is 4.98 Å². The molecule has 0 atom stereocenters. The zero-order valence-corrected chi connectivity index (χ0v) is 13.5. The van der Waals surface area contributed by atoms with Gasteiger partial charge in [0.05, 0.1) is 16.8 Å². The van der Waals surface area contributed by atoms with Crippen molar-refractivity contribution in [3.8, 4) is 0 Å². The topological polar surface area (TPSA) is 80.3 Å². The van der Waals surface area contributed by atoms with Gasteiger partial charge in [-0.3, -0.25) is 10.1 Å². The number of hydrogen-bond acceptors (Lipinski definition) is 5. The standard InChI is InChI=1S/C15H19N3O3S/c1-3-5-6-13(19)16-10-7-8-11-12(9-10)22-14(17-11)18-15(20)21-4-2/h7-9H,3-6H2,1-2H3,(H,16,19)(H,17,18,20). The first kappa shape index (κ1) is 16.2. The summed E-state index contributed by atoms with van der Waals surface area (Å²) in [6.07, 6.45) is 1.87. The average Bonchev–Trinajstić information content (AvgIpc) is 2.86. The Hall–Kier alpha value is -2.15. The third-order valence-electron chi connectivity index (χ3n) is 2.91. The number of rotatable bonds is 6. The van der Waals surface area contributed by atoms with E-state index in [1.54, 1.807) is 13.0 Å². The minimum atomic E-state index is -0.519. The molecule has 1 aromatic heterocycles. The summed E-state index contributed by atoms with van der Waals surface area (Å²) in [4.78, 5) is 27.4. The van der Waals surface area contributed by atoms with Crippen LogP contribution in [0, 0.1) is 0 Å². The molecule has 0 saturated carbocycles. The number of nitrogens with one attached hydrogen (secondary N) is 2. The highest BCUT2D eigenvalue weighted by Gasteiger charge is 2.09. The lowest BCUT2D eigenvalue weighted by atomic mass is 10.2. The van der Waals surface area contributed by atoms with E-state index in [4.69, 9.17) is 4.74 Å². The smallest absolute Gasteiger partial charge is 0.413 e. The fourth-order valence-electron chi connectivity index (χ4n) is 1.87. The molecule has 0 bridgehead atoms. The molecule has 0 unspecified atom stereocenters. The van der Waals surface area contributed by atoms with Crippen LogP contribution in [0.5, 0.6) is 0 Å². The maximum atomic E-state index is 11.7. The quantitative estimate of drug-likeness (QED) is 0.843. The zero-order chi connectivity index (χ0) is 15.9. The minimum Gasteiger partial charge on any atom is -0.450 e. The van der Waals surface area contributed by atoms with E-state index in [-0.39, 0.29) is 5.91 Å². The van der Waals surface area contributed by atoms with Crippen molar-refractivity contribution in [2.45, 2.75) is 33.1 Å². The van der Waals surface area contributed by atoms with Crippen molar-refractivity contribution >= 4 is 44.4 Å². The van der Waals surface area contributed by atoms with Crippen molar-refractivity contribution in [1.29, 1.82) is 0 Å². The lowest BCUT2D eigenvalue weighted by Crippen LogP contribution is -2.12. The van der Waals surface area contributed by atoms with Gasteiger partial charge in [0.1, 0.15) is 0 Å². The van der Waals surface area contributed by atoms with Crippen LogP contribution in [0.3, 0.4) is 0 Å². The monoisotopic (exact) mass is 321 g/mol. The molecule has 1 aromatic carbocycles. The first-order valence-electron chi connectivity index (χ1n) is 7.26. The number of anilines is 2. The number of unbranched alkanes of at least 4 members (excludes halogenated alkanes) is 1. The number of nitrogens with zero attached hydrogens (tertiary/aromatic N) is 1. The Kier molecular flexibility index (Phi) is 5.71. The third kappa shape index (κ3) is 4.42. The molecule has 2 rings (SSSR count). The van der Waals surface area contributed by atoms with E-state index < -0.39 is 6.09 Å². The number of amides is 2. The number of thiazole rings is 1. The number of hydrogen-bond donors (Lipinski definition) is 2. The molecule has 0 radical (unpaired) electrons. The second-order valence-corrected chi connectivity index (χ2v) is 5.73. The highest BCUT2D eigenvalue weighted by Crippen LogP contribution is 2.28. The van der Waals surface area contributed by atoms with Gasteiger partial charge in [-0.05, 0) is 31.5 Å². The van der Waals surface area contributed by atoms with Crippen molar-refractivity contribution in [2.24, 2.45) is 0 Å². The number of aromatic nitrogens is 1. The van der Waals surface area contributed by atoms with Crippen LogP contribution in [0.15, 0.2) is 18.2 Å². The second kappa shape index (κ2) is 7.74. The van der Waals surface area contributed by atoms with Crippen molar-refractivity contribution in [3.05, 3.63) is 18.2 Å². The van der Waals surface area contributed by atoms with E-state index in [0.29, 0.717) is 18.2 Å². The van der Waals surface area contributed by atoms with E-state index in [2.05, 4.69) is 22.5 Å². The maximum absolute atomic E-state index is 11.7. The van der Waals surface area contributed by atoms with Gasteiger partial charge < -0.3 is 10.1 Å². The van der Waals surface area contributed by atoms with Gasteiger partial charge in [0.2, 0.25) is 5.91 Å². The van der Waals surface area contributed by atoms with Crippen molar-refractivity contribution in [2.75, 3.05) is 17.2 Å². The van der Waals surface area contributed by atoms with E-state index in [0.717, 1.165) is 28.7 Å². The predicted octanol–water partition coefficient (Wildman–Crippen LogP) is 3.99. The average molecular weight is 321 g/mol. The van der Waals surface area contributed by atoms with Gasteiger partial charge in [-0.25, -0.2) is 9.78 Å². The largest absolute Gasteiger partial charge is 0.450 e. The van der Waals surface area contributed by atoms with Crippen LogP contribution in [0.1, 0.15) is 33.1 Å². The third-order valence-corrected chi connectivity index (χ3v) is 3.85. The number of ether oxygens (including phenoxy) is 1. The summed E-state index contributed by atoms with van der Waals surface area (Å²) in [5.41, 5.74) is 1.50. The molecule has 2 amide bonds. The van der Waals surface area contributed by atoms with Crippen LogP contribution in [-0.4, -0.2) is 23.6 Å². The molecule has 118 valence electrons. The van der Waals surface area contributed by atoms with Gasteiger partial charge in [0.25, 0.3) is 0 Å². The van der Waals surface area contributed by atoms with Crippen molar-refractivity contribution < 1.29 is 14.3 Å². The summed E-state index contributed by atoms with van der Waals surface area (Å²) >= 11 is 1.34. The van der Waals surface area contributed by atoms with E-state index in [1.807, 2.05) is 12.1 Å². The van der Waals surface area contributed by atoms with Crippen LogP contribution in [0.2, 0.25) is 0 Å². The van der Waals surface area contributed by atoms with Crippen LogP contribution in [0.4, 0.5) is 15.6 Å². The molecule has 2 aromatic rings. The lowest BCUT2D eigenvalue weighted by Gasteiger charge is -2.04. The van der Waals surface area contributed by atoms with Crippen LogP contribution < -0.4 is 10.6 Å². The first-order chi connectivity index (χ1) is 10.6. The predicted molar refractivity (Wildman–Crippen MR) is 88.4 cm³/mol. The highest BCUT2D eigenvalue weighted by molar-refractivity contribution is 7.22. The highest BCUT2D eigenvalue weighted by atomic mass is 32.1. The zero-order valence-electron chi connectivity index (χ0n) is 12.6. The number of benzene rings is 1.